The van der Waals surface area contributed by atoms with Crippen LogP contribution >= 0.6 is 0 Å². The standard InChI is InChI=1S/C24H24N2O2/c27-23(26-15-13-20(14-16-26)19-8-3-1-4-9-19)18-25-24(22-12-7-17-28-22)21-10-5-2-6-11-21/h1-13,17,24-25H,14-16,18H2/p+1/t24-/m1/s1. The molecule has 0 saturated carbocycles. The monoisotopic (exact) mass is 373 g/mol. The van der Waals surface area contributed by atoms with Crippen LogP contribution in [0.1, 0.15) is 29.3 Å². The van der Waals surface area contributed by atoms with Crippen LogP contribution in [-0.2, 0) is 4.79 Å². The highest BCUT2D eigenvalue weighted by Gasteiger charge is 2.24. The Balaban J connectivity index is 1.39. The molecule has 4 heteroatoms. The van der Waals surface area contributed by atoms with Crippen molar-refractivity contribution in [3.8, 4) is 0 Å². The second kappa shape index (κ2) is 8.72. The lowest BCUT2D eigenvalue weighted by Crippen LogP contribution is -2.87. The lowest BCUT2D eigenvalue weighted by atomic mass is 9.99. The van der Waals surface area contributed by atoms with E-state index in [0.29, 0.717) is 13.1 Å². The van der Waals surface area contributed by atoms with Gasteiger partial charge in [0.25, 0.3) is 5.91 Å². The average Bonchev–Trinajstić information content (AvgIpc) is 3.30. The van der Waals surface area contributed by atoms with Gasteiger partial charge in [0.2, 0.25) is 0 Å². The Morgan fingerprint density at radius 1 is 1.00 bits per heavy atom. The summed E-state index contributed by atoms with van der Waals surface area (Å²) in [6.45, 7) is 1.84. The molecular formula is C24H25N2O2+. The van der Waals surface area contributed by atoms with E-state index in [1.165, 1.54) is 11.1 Å². The molecule has 142 valence electrons. The minimum atomic E-state index is -0.0136. The molecule has 0 fully saturated rings. The van der Waals surface area contributed by atoms with E-state index in [9.17, 15) is 4.79 Å². The highest BCUT2D eigenvalue weighted by atomic mass is 16.3. The number of carbonyl (C=O) groups is 1. The van der Waals surface area contributed by atoms with Crippen LogP contribution in [0.3, 0.4) is 0 Å². The van der Waals surface area contributed by atoms with E-state index in [1.54, 1.807) is 6.26 Å². The van der Waals surface area contributed by atoms with E-state index in [4.69, 9.17) is 4.42 Å². The Bertz CT molecular complexity index is 918. The highest BCUT2D eigenvalue weighted by molar-refractivity contribution is 5.79. The number of amides is 1. The molecule has 2 N–H and O–H groups in total. The van der Waals surface area contributed by atoms with Gasteiger partial charge in [-0.1, -0.05) is 66.7 Å². The molecule has 1 aliphatic heterocycles. The summed E-state index contributed by atoms with van der Waals surface area (Å²) in [5.41, 5.74) is 3.71. The number of furan rings is 1. The lowest BCUT2D eigenvalue weighted by molar-refractivity contribution is -0.679. The third kappa shape index (κ3) is 4.24. The average molecular weight is 373 g/mol. The molecule has 4 rings (SSSR count). The zero-order valence-electron chi connectivity index (χ0n) is 15.8. The number of hydrogen-bond acceptors (Lipinski definition) is 2. The van der Waals surface area contributed by atoms with Crippen LogP contribution in [-0.4, -0.2) is 30.4 Å². The molecule has 1 aliphatic rings. The molecule has 28 heavy (non-hydrogen) atoms. The second-order valence-corrected chi connectivity index (χ2v) is 7.03. The van der Waals surface area contributed by atoms with Gasteiger partial charge < -0.3 is 14.6 Å². The van der Waals surface area contributed by atoms with E-state index >= 15 is 0 Å². The van der Waals surface area contributed by atoms with Crippen molar-refractivity contribution in [3.63, 3.8) is 0 Å². The predicted octanol–water partition coefficient (Wildman–Crippen LogP) is 3.25. The van der Waals surface area contributed by atoms with Gasteiger partial charge in [0.15, 0.2) is 18.3 Å². The Morgan fingerprint density at radius 3 is 2.39 bits per heavy atom. The van der Waals surface area contributed by atoms with Gasteiger partial charge in [-0.05, 0) is 29.7 Å². The molecule has 0 aliphatic carbocycles. The SMILES string of the molecule is O=C(C[NH2+][C@H](c1ccccc1)c1ccco1)N1CC=C(c2ccccc2)CC1. The topological polar surface area (TPSA) is 50.1 Å². The van der Waals surface area contributed by atoms with Crippen LogP contribution in [0.2, 0.25) is 0 Å². The van der Waals surface area contributed by atoms with E-state index in [2.05, 4.69) is 47.8 Å². The smallest absolute Gasteiger partial charge is 0.278 e. The van der Waals surface area contributed by atoms with Crippen LogP contribution in [0, 0.1) is 0 Å². The molecule has 1 aromatic heterocycles. The third-order valence-electron chi connectivity index (χ3n) is 5.24. The Labute approximate surface area is 165 Å². The summed E-state index contributed by atoms with van der Waals surface area (Å²) < 4.78 is 5.63. The van der Waals surface area contributed by atoms with Crippen molar-refractivity contribution < 1.29 is 14.5 Å². The molecule has 0 spiro atoms. The number of rotatable bonds is 6. The van der Waals surface area contributed by atoms with Crippen LogP contribution in [0.5, 0.6) is 0 Å². The van der Waals surface area contributed by atoms with Crippen molar-refractivity contribution in [1.82, 2.24) is 4.90 Å². The predicted molar refractivity (Wildman–Crippen MR) is 109 cm³/mol. The first kappa shape index (κ1) is 18.3. The fourth-order valence-corrected chi connectivity index (χ4v) is 3.70. The number of hydrogen-bond donors (Lipinski definition) is 1. The maximum Gasteiger partial charge on any atom is 0.278 e. The van der Waals surface area contributed by atoms with Crippen LogP contribution in [0.4, 0.5) is 0 Å². The van der Waals surface area contributed by atoms with E-state index < -0.39 is 0 Å². The first-order valence-electron chi connectivity index (χ1n) is 9.75. The summed E-state index contributed by atoms with van der Waals surface area (Å²) in [7, 11) is 0. The summed E-state index contributed by atoms with van der Waals surface area (Å²) >= 11 is 0. The summed E-state index contributed by atoms with van der Waals surface area (Å²) in [6.07, 6.45) is 4.76. The molecule has 2 heterocycles. The number of carbonyl (C=O) groups excluding carboxylic acids is 1. The highest BCUT2D eigenvalue weighted by Crippen LogP contribution is 2.22. The van der Waals surface area contributed by atoms with Crippen molar-refractivity contribution in [2.75, 3.05) is 19.6 Å². The van der Waals surface area contributed by atoms with Crippen molar-refractivity contribution >= 4 is 11.5 Å². The zero-order chi connectivity index (χ0) is 19.2. The minimum Gasteiger partial charge on any atom is -0.463 e. The molecule has 0 radical (unpaired) electrons. The number of benzene rings is 2. The quantitative estimate of drug-likeness (QED) is 0.721. The summed E-state index contributed by atoms with van der Waals surface area (Å²) in [4.78, 5) is 14.7. The van der Waals surface area contributed by atoms with Gasteiger partial charge in [0.1, 0.15) is 0 Å². The lowest BCUT2D eigenvalue weighted by Gasteiger charge is -2.26. The van der Waals surface area contributed by atoms with Crippen molar-refractivity contribution in [2.24, 2.45) is 0 Å². The number of nitrogens with two attached hydrogens (primary N) is 1. The second-order valence-electron chi connectivity index (χ2n) is 7.03. The van der Waals surface area contributed by atoms with E-state index in [0.717, 1.165) is 24.3 Å². The van der Waals surface area contributed by atoms with Crippen LogP contribution in [0.15, 0.2) is 89.6 Å². The zero-order valence-corrected chi connectivity index (χ0v) is 15.8. The van der Waals surface area contributed by atoms with Gasteiger partial charge in [-0.15, -0.1) is 0 Å². The fourth-order valence-electron chi connectivity index (χ4n) is 3.70. The van der Waals surface area contributed by atoms with Crippen LogP contribution < -0.4 is 5.32 Å². The van der Waals surface area contributed by atoms with Gasteiger partial charge in [-0.2, -0.15) is 0 Å². The van der Waals surface area contributed by atoms with E-state index in [-0.39, 0.29) is 11.9 Å². The van der Waals surface area contributed by atoms with Gasteiger partial charge in [-0.25, -0.2) is 0 Å². The molecule has 2 aromatic carbocycles. The molecule has 0 bridgehead atoms. The number of nitrogens with zero attached hydrogens (tertiary/aromatic N) is 1. The maximum atomic E-state index is 12.8. The van der Waals surface area contributed by atoms with Gasteiger partial charge in [0, 0.05) is 18.7 Å². The maximum absolute atomic E-state index is 12.8. The van der Waals surface area contributed by atoms with Gasteiger partial charge >= 0.3 is 0 Å². The molecule has 4 nitrogen and oxygen atoms in total. The number of quaternary nitrogens is 1. The molecule has 0 saturated heterocycles. The first-order chi connectivity index (χ1) is 13.8. The summed E-state index contributed by atoms with van der Waals surface area (Å²) in [6, 6.07) is 24.4. The Morgan fingerprint density at radius 2 is 1.75 bits per heavy atom. The molecular weight excluding hydrogens is 348 g/mol. The minimum absolute atomic E-state index is 0.0136. The summed E-state index contributed by atoms with van der Waals surface area (Å²) in [5.74, 6) is 1.03. The van der Waals surface area contributed by atoms with Gasteiger partial charge in [0.05, 0.1) is 6.26 Å². The Hall–Kier alpha value is -3.11. The largest absolute Gasteiger partial charge is 0.463 e. The molecule has 3 aromatic rings. The van der Waals surface area contributed by atoms with E-state index in [1.807, 2.05) is 41.3 Å². The molecule has 1 amide bonds. The van der Waals surface area contributed by atoms with Gasteiger partial charge in [-0.3, -0.25) is 4.79 Å². The summed E-state index contributed by atoms with van der Waals surface area (Å²) in [5, 5.41) is 2.06. The molecule has 0 unspecified atom stereocenters. The first-order valence-corrected chi connectivity index (χ1v) is 9.75. The van der Waals surface area contributed by atoms with Crippen LogP contribution in [0.25, 0.3) is 5.57 Å². The Kier molecular flexibility index (Phi) is 5.69. The fraction of sp³-hybridized carbons (Fsp3) is 0.208. The third-order valence-corrected chi connectivity index (χ3v) is 5.24. The normalized spacial score (nSPS) is 15.1. The van der Waals surface area contributed by atoms with Crippen molar-refractivity contribution in [3.05, 3.63) is 102 Å². The van der Waals surface area contributed by atoms with Crippen molar-refractivity contribution in [2.45, 2.75) is 12.5 Å². The van der Waals surface area contributed by atoms with Crippen molar-refractivity contribution in [1.29, 1.82) is 0 Å². The molecule has 1 atom stereocenters.